The number of amides is 3. The number of hydrogen-bond donors (Lipinski definition) is 1. The van der Waals surface area contributed by atoms with Crippen molar-refractivity contribution in [3.05, 3.63) is 22.3 Å². The van der Waals surface area contributed by atoms with E-state index in [1.54, 1.807) is 19.2 Å². The van der Waals surface area contributed by atoms with Gasteiger partial charge in [-0.1, -0.05) is 11.8 Å². The Morgan fingerprint density at radius 1 is 1.22 bits per heavy atom. The summed E-state index contributed by atoms with van der Waals surface area (Å²) < 4.78 is 12.9. The highest BCUT2D eigenvalue weighted by Gasteiger charge is 2.29. The number of nitrogens with zero attached hydrogens (tertiary/aromatic N) is 3. The first-order valence-corrected chi connectivity index (χ1v) is 9.26. The second-order valence-corrected chi connectivity index (χ2v) is 7.46. The summed E-state index contributed by atoms with van der Waals surface area (Å²) in [5, 5.41) is 0.367. The number of rotatable bonds is 4. The predicted octanol–water partition coefficient (Wildman–Crippen LogP) is 2.06. The molecule has 1 aliphatic heterocycles. The number of carbonyl (C=O) groups is 3. The van der Waals surface area contributed by atoms with Crippen molar-refractivity contribution < 1.29 is 23.9 Å². The van der Waals surface area contributed by atoms with Crippen molar-refractivity contribution in [1.82, 2.24) is 9.55 Å². The van der Waals surface area contributed by atoms with Crippen LogP contribution >= 0.6 is 27.7 Å². The van der Waals surface area contributed by atoms with E-state index in [9.17, 15) is 14.4 Å². The molecule has 0 fully saturated rings. The van der Waals surface area contributed by atoms with E-state index in [0.717, 1.165) is 14.3 Å². The molecule has 0 aliphatic carbocycles. The third-order valence-electron chi connectivity index (χ3n) is 3.73. The average molecular weight is 455 g/mol. The summed E-state index contributed by atoms with van der Waals surface area (Å²) in [6, 6.07) is 3.53. The van der Waals surface area contributed by atoms with E-state index in [-0.39, 0.29) is 18.3 Å². The van der Waals surface area contributed by atoms with Crippen molar-refractivity contribution >= 4 is 51.2 Å². The van der Waals surface area contributed by atoms with E-state index in [4.69, 9.17) is 15.2 Å². The van der Waals surface area contributed by atoms with Gasteiger partial charge in [-0.05, 0) is 28.1 Å². The van der Waals surface area contributed by atoms with Crippen LogP contribution in [0.25, 0.3) is 0 Å². The van der Waals surface area contributed by atoms with Gasteiger partial charge in [0, 0.05) is 30.3 Å². The van der Waals surface area contributed by atoms with Crippen molar-refractivity contribution in [1.29, 1.82) is 0 Å². The van der Waals surface area contributed by atoms with Gasteiger partial charge >= 0.3 is 0 Å². The van der Waals surface area contributed by atoms with Gasteiger partial charge in [-0.15, -0.1) is 0 Å². The van der Waals surface area contributed by atoms with E-state index in [0.29, 0.717) is 16.7 Å². The molecule has 0 atom stereocenters. The molecule has 2 heterocycles. The van der Waals surface area contributed by atoms with E-state index in [1.165, 1.54) is 30.2 Å². The first kappa shape index (κ1) is 19.2. The topological polar surface area (TPSA) is 117 Å². The predicted molar refractivity (Wildman–Crippen MR) is 100.0 cm³/mol. The van der Waals surface area contributed by atoms with Crippen LogP contribution in [0.15, 0.2) is 26.7 Å². The van der Waals surface area contributed by atoms with Crippen molar-refractivity contribution in [3.8, 4) is 11.5 Å². The number of imide groups is 1. The maximum atomic E-state index is 11.9. The number of aromatic nitrogens is 2. The number of primary amides is 1. The van der Waals surface area contributed by atoms with Crippen LogP contribution in [-0.4, -0.2) is 34.1 Å². The van der Waals surface area contributed by atoms with Crippen LogP contribution in [0.4, 0.5) is 5.82 Å². The summed E-state index contributed by atoms with van der Waals surface area (Å²) in [6.45, 7) is 2.58. The Morgan fingerprint density at radius 2 is 1.81 bits per heavy atom. The maximum absolute atomic E-state index is 11.9. The quantitative estimate of drug-likeness (QED) is 0.750. The first-order valence-electron chi connectivity index (χ1n) is 7.65. The van der Waals surface area contributed by atoms with Crippen molar-refractivity contribution in [2.24, 2.45) is 12.8 Å². The molecule has 0 saturated carbocycles. The minimum absolute atomic E-state index is 0.0295. The summed E-state index contributed by atoms with van der Waals surface area (Å²) in [5.41, 5.74) is 5.25. The molecule has 2 N–H and O–H groups in total. The number of benzene rings is 1. The van der Waals surface area contributed by atoms with Gasteiger partial charge in [0.2, 0.25) is 18.6 Å². The monoisotopic (exact) mass is 454 g/mol. The van der Waals surface area contributed by atoms with Crippen LogP contribution in [0.3, 0.4) is 0 Å². The van der Waals surface area contributed by atoms with Crippen molar-refractivity contribution in [2.45, 2.75) is 23.9 Å². The van der Waals surface area contributed by atoms with Gasteiger partial charge in [0.05, 0.1) is 0 Å². The van der Waals surface area contributed by atoms with E-state index < -0.39 is 17.7 Å². The fraction of sp³-hybridized carbons (Fsp3) is 0.250. The largest absolute Gasteiger partial charge is 0.454 e. The lowest BCUT2D eigenvalue weighted by molar-refractivity contribution is -0.124. The molecule has 1 aromatic heterocycles. The van der Waals surface area contributed by atoms with E-state index in [1.807, 2.05) is 0 Å². The normalized spacial score (nSPS) is 12.1. The Labute approximate surface area is 166 Å². The zero-order valence-corrected chi connectivity index (χ0v) is 17.0. The Morgan fingerprint density at radius 3 is 2.37 bits per heavy atom. The van der Waals surface area contributed by atoms with E-state index in [2.05, 4.69) is 20.9 Å². The number of fused-ring (bicyclic) bond motifs is 1. The summed E-state index contributed by atoms with van der Waals surface area (Å²) >= 11 is 4.67. The number of ether oxygens (including phenoxy) is 2. The first-order chi connectivity index (χ1) is 12.7. The molecular weight excluding hydrogens is 440 g/mol. The third-order valence-corrected chi connectivity index (χ3v) is 5.75. The number of hydrogen-bond acceptors (Lipinski definition) is 7. The Balaban J connectivity index is 2.08. The van der Waals surface area contributed by atoms with Crippen LogP contribution in [0.1, 0.15) is 24.3 Å². The second kappa shape index (κ2) is 7.24. The highest BCUT2D eigenvalue weighted by atomic mass is 79.9. The van der Waals surface area contributed by atoms with Gasteiger partial charge in [-0.2, -0.15) is 0 Å². The molecule has 3 rings (SSSR count). The molecule has 9 nitrogen and oxygen atoms in total. The van der Waals surface area contributed by atoms with Crippen LogP contribution in [-0.2, 0) is 16.6 Å². The molecule has 11 heteroatoms. The summed E-state index contributed by atoms with van der Waals surface area (Å²) in [6.07, 6.45) is 0. The molecule has 3 amide bonds. The lowest BCUT2D eigenvalue weighted by Crippen LogP contribution is -2.36. The minimum Gasteiger partial charge on any atom is -0.454 e. The fourth-order valence-corrected chi connectivity index (χ4v) is 4.02. The Hall–Kier alpha value is -2.53. The smallest absolute Gasteiger partial charge is 0.271 e. The van der Waals surface area contributed by atoms with Crippen LogP contribution in [0, 0.1) is 0 Å². The number of anilines is 1. The molecule has 2 aromatic rings. The Bertz CT molecular complexity index is 960. The SMILES string of the molecule is CC(=O)N(C(C)=O)c1c(C(N)=O)nc(Sc2cc3c(cc2Br)OCO3)n1C. The fourth-order valence-electron chi connectivity index (χ4n) is 2.58. The molecule has 1 aliphatic rings. The zero-order chi connectivity index (χ0) is 19.9. The molecule has 0 bridgehead atoms. The van der Waals surface area contributed by atoms with Crippen molar-refractivity contribution in [3.63, 3.8) is 0 Å². The molecule has 1 aromatic carbocycles. The highest BCUT2D eigenvalue weighted by molar-refractivity contribution is 9.10. The average Bonchev–Trinajstić information content (AvgIpc) is 3.13. The van der Waals surface area contributed by atoms with Gasteiger partial charge in [0.15, 0.2) is 28.2 Å². The van der Waals surface area contributed by atoms with E-state index >= 15 is 0 Å². The zero-order valence-electron chi connectivity index (χ0n) is 14.6. The molecule has 27 heavy (non-hydrogen) atoms. The lowest BCUT2D eigenvalue weighted by Gasteiger charge is -2.18. The summed E-state index contributed by atoms with van der Waals surface area (Å²) in [7, 11) is 1.59. The van der Waals surface area contributed by atoms with Gasteiger partial charge in [-0.3, -0.25) is 14.4 Å². The molecular formula is C16H15BrN4O5S. The Kier molecular flexibility index (Phi) is 5.16. The number of nitrogens with two attached hydrogens (primary N) is 1. The maximum Gasteiger partial charge on any atom is 0.271 e. The summed E-state index contributed by atoms with van der Waals surface area (Å²) in [5.74, 6) is -0.711. The number of halogens is 1. The summed E-state index contributed by atoms with van der Waals surface area (Å²) in [4.78, 5) is 41.6. The van der Waals surface area contributed by atoms with Gasteiger partial charge < -0.3 is 19.8 Å². The van der Waals surface area contributed by atoms with Gasteiger partial charge in [-0.25, -0.2) is 9.88 Å². The number of imidazole rings is 1. The van der Waals surface area contributed by atoms with Crippen LogP contribution < -0.4 is 20.1 Å². The standard InChI is InChI=1S/C16H15BrN4O5S/c1-7(22)21(8(2)23)15-13(14(18)24)19-16(20(15)3)27-12-5-11-10(4-9(12)17)25-6-26-11/h4-5H,6H2,1-3H3,(H2,18,24). The van der Waals surface area contributed by atoms with Gasteiger partial charge in [0.1, 0.15) is 0 Å². The third kappa shape index (κ3) is 3.52. The number of carbonyl (C=O) groups excluding carboxylic acids is 3. The van der Waals surface area contributed by atoms with Crippen LogP contribution in [0.2, 0.25) is 0 Å². The molecule has 0 unspecified atom stereocenters. The molecule has 0 saturated heterocycles. The molecule has 0 radical (unpaired) electrons. The van der Waals surface area contributed by atoms with Gasteiger partial charge in [0.25, 0.3) is 5.91 Å². The van der Waals surface area contributed by atoms with Crippen molar-refractivity contribution in [2.75, 3.05) is 11.7 Å². The van der Waals surface area contributed by atoms with Crippen LogP contribution in [0.5, 0.6) is 11.5 Å². The molecule has 142 valence electrons. The highest BCUT2D eigenvalue weighted by Crippen LogP contribution is 2.43. The minimum atomic E-state index is -0.843. The lowest BCUT2D eigenvalue weighted by atomic mass is 10.3. The molecule has 0 spiro atoms. The second-order valence-electron chi connectivity index (χ2n) is 5.60.